The van der Waals surface area contributed by atoms with E-state index in [1.54, 1.807) is 18.2 Å². The standard InChI is InChI=1S/C23H17FN4O5/c1-14-25-19-11-15(7-10-20(19)27(14)17-5-3-2-4-6-17)23(30)33-13-22(29)26-18-9-8-16(24)12-21(18)28(31)32/h2-12H,13H2,1H3,(H,26,29). The number of carbonyl (C=O) groups is 2. The van der Waals surface area contributed by atoms with E-state index in [0.717, 1.165) is 29.2 Å². The monoisotopic (exact) mass is 448 g/mol. The number of aromatic nitrogens is 2. The van der Waals surface area contributed by atoms with E-state index in [9.17, 15) is 24.1 Å². The topological polar surface area (TPSA) is 116 Å². The molecule has 0 fully saturated rings. The van der Waals surface area contributed by atoms with Crippen LogP contribution in [0.4, 0.5) is 15.8 Å². The summed E-state index contributed by atoms with van der Waals surface area (Å²) in [6, 6.07) is 17.2. The summed E-state index contributed by atoms with van der Waals surface area (Å²) >= 11 is 0. The zero-order valence-corrected chi connectivity index (χ0v) is 17.3. The van der Waals surface area contributed by atoms with E-state index in [1.807, 2.05) is 41.8 Å². The average Bonchev–Trinajstić information content (AvgIpc) is 3.13. The van der Waals surface area contributed by atoms with Crippen molar-refractivity contribution in [3.63, 3.8) is 0 Å². The van der Waals surface area contributed by atoms with E-state index in [-0.39, 0.29) is 11.3 Å². The van der Waals surface area contributed by atoms with E-state index in [2.05, 4.69) is 10.3 Å². The molecule has 1 amide bonds. The summed E-state index contributed by atoms with van der Waals surface area (Å²) in [7, 11) is 0. The number of benzene rings is 3. The first-order valence-corrected chi connectivity index (χ1v) is 9.79. The molecule has 0 saturated heterocycles. The molecule has 0 unspecified atom stereocenters. The number of esters is 1. The van der Waals surface area contributed by atoms with Gasteiger partial charge in [-0.15, -0.1) is 0 Å². The Labute approximate surface area is 186 Å². The number of rotatable bonds is 6. The predicted molar refractivity (Wildman–Crippen MR) is 118 cm³/mol. The third-order valence-corrected chi connectivity index (χ3v) is 4.84. The predicted octanol–water partition coefficient (Wildman–Crippen LogP) is 4.18. The summed E-state index contributed by atoms with van der Waals surface area (Å²) in [4.78, 5) is 39.2. The molecule has 10 heteroatoms. The normalized spacial score (nSPS) is 10.7. The summed E-state index contributed by atoms with van der Waals surface area (Å²) in [5.74, 6) is -1.63. The van der Waals surface area contributed by atoms with Gasteiger partial charge in [-0.05, 0) is 49.4 Å². The lowest BCUT2D eigenvalue weighted by molar-refractivity contribution is -0.384. The fourth-order valence-corrected chi connectivity index (χ4v) is 3.39. The molecular formula is C23H17FN4O5. The third-order valence-electron chi connectivity index (χ3n) is 4.84. The number of nitrogens with zero attached hydrogens (tertiary/aromatic N) is 3. The number of ether oxygens (including phenoxy) is 1. The number of imidazole rings is 1. The fourth-order valence-electron chi connectivity index (χ4n) is 3.39. The summed E-state index contributed by atoms with van der Waals surface area (Å²) in [6.45, 7) is 1.17. The smallest absolute Gasteiger partial charge is 0.338 e. The molecule has 1 heterocycles. The van der Waals surface area contributed by atoms with Gasteiger partial charge >= 0.3 is 5.97 Å². The van der Waals surface area contributed by atoms with Crippen molar-refractivity contribution in [1.29, 1.82) is 0 Å². The number of nitro benzene ring substituents is 1. The van der Waals surface area contributed by atoms with Gasteiger partial charge in [-0.3, -0.25) is 19.5 Å². The number of nitrogens with one attached hydrogen (secondary N) is 1. The first-order chi connectivity index (χ1) is 15.8. The van der Waals surface area contributed by atoms with E-state index in [0.29, 0.717) is 11.6 Å². The van der Waals surface area contributed by atoms with Gasteiger partial charge in [0.25, 0.3) is 11.6 Å². The molecule has 0 bridgehead atoms. The Hall–Kier alpha value is -4.60. The minimum absolute atomic E-state index is 0.195. The van der Waals surface area contributed by atoms with Crippen molar-refractivity contribution < 1.29 is 23.6 Å². The average molecular weight is 448 g/mol. The van der Waals surface area contributed by atoms with Gasteiger partial charge in [-0.2, -0.15) is 0 Å². The second kappa shape index (κ2) is 8.87. The molecule has 3 aromatic carbocycles. The summed E-state index contributed by atoms with van der Waals surface area (Å²) < 4.78 is 20.2. The van der Waals surface area contributed by atoms with Crippen LogP contribution in [0.5, 0.6) is 0 Å². The van der Waals surface area contributed by atoms with Gasteiger partial charge < -0.3 is 10.1 Å². The van der Waals surface area contributed by atoms with Gasteiger partial charge in [0.2, 0.25) is 0 Å². The molecule has 0 spiro atoms. The fraction of sp³-hybridized carbons (Fsp3) is 0.0870. The van der Waals surface area contributed by atoms with Crippen LogP contribution in [0.15, 0.2) is 66.7 Å². The molecule has 4 rings (SSSR count). The Morgan fingerprint density at radius 1 is 1.12 bits per heavy atom. The van der Waals surface area contributed by atoms with Crippen molar-refractivity contribution in [3.8, 4) is 5.69 Å². The van der Waals surface area contributed by atoms with Crippen LogP contribution in [-0.2, 0) is 9.53 Å². The van der Waals surface area contributed by atoms with Crippen molar-refractivity contribution in [3.05, 3.63) is 94.0 Å². The minimum atomic E-state index is -0.823. The van der Waals surface area contributed by atoms with Gasteiger partial charge in [0.1, 0.15) is 17.3 Å². The lowest BCUT2D eigenvalue weighted by Gasteiger charge is -2.08. The highest BCUT2D eigenvalue weighted by Crippen LogP contribution is 2.25. The molecule has 4 aromatic rings. The van der Waals surface area contributed by atoms with Crippen LogP contribution in [-0.4, -0.2) is 33.0 Å². The first kappa shape index (κ1) is 21.6. The van der Waals surface area contributed by atoms with Crippen LogP contribution in [0, 0.1) is 22.9 Å². The SMILES string of the molecule is Cc1nc2cc(C(=O)OCC(=O)Nc3ccc(F)cc3[N+](=O)[O-])ccc2n1-c1ccccc1. The Bertz CT molecular complexity index is 1380. The Morgan fingerprint density at radius 2 is 1.88 bits per heavy atom. The number of fused-ring (bicyclic) bond motifs is 1. The second-order valence-corrected chi connectivity index (χ2v) is 7.08. The number of amides is 1. The maximum absolute atomic E-state index is 13.2. The maximum Gasteiger partial charge on any atom is 0.338 e. The number of para-hydroxylation sites is 1. The largest absolute Gasteiger partial charge is 0.452 e. The van der Waals surface area contributed by atoms with E-state index in [4.69, 9.17) is 4.74 Å². The minimum Gasteiger partial charge on any atom is -0.452 e. The van der Waals surface area contributed by atoms with Gasteiger partial charge in [-0.1, -0.05) is 18.2 Å². The molecule has 0 aliphatic carbocycles. The van der Waals surface area contributed by atoms with Crippen LogP contribution in [0.1, 0.15) is 16.2 Å². The number of hydrogen-bond acceptors (Lipinski definition) is 6. The zero-order chi connectivity index (χ0) is 23.5. The number of hydrogen-bond donors (Lipinski definition) is 1. The Morgan fingerprint density at radius 3 is 2.61 bits per heavy atom. The summed E-state index contributed by atoms with van der Waals surface area (Å²) in [5, 5.41) is 13.3. The lowest BCUT2D eigenvalue weighted by Crippen LogP contribution is -2.21. The number of carbonyl (C=O) groups excluding carboxylic acids is 2. The Balaban J connectivity index is 1.46. The summed E-state index contributed by atoms with van der Waals surface area (Å²) in [6.07, 6.45) is 0. The van der Waals surface area contributed by atoms with Crippen molar-refractivity contribution in [2.45, 2.75) is 6.92 Å². The molecule has 0 aliphatic heterocycles. The maximum atomic E-state index is 13.2. The van der Waals surface area contributed by atoms with Crippen molar-refractivity contribution in [1.82, 2.24) is 9.55 Å². The highest BCUT2D eigenvalue weighted by Gasteiger charge is 2.19. The van der Waals surface area contributed by atoms with Crippen molar-refractivity contribution in [2.75, 3.05) is 11.9 Å². The molecule has 0 atom stereocenters. The van der Waals surface area contributed by atoms with Gasteiger partial charge in [0.15, 0.2) is 6.61 Å². The third kappa shape index (κ3) is 4.54. The number of halogens is 1. The highest BCUT2D eigenvalue weighted by atomic mass is 19.1. The zero-order valence-electron chi connectivity index (χ0n) is 17.3. The molecule has 1 aromatic heterocycles. The summed E-state index contributed by atoms with van der Waals surface area (Å²) in [5.41, 5.74) is 1.70. The van der Waals surface area contributed by atoms with Crippen LogP contribution in [0.3, 0.4) is 0 Å². The van der Waals surface area contributed by atoms with E-state index < -0.39 is 34.9 Å². The molecule has 9 nitrogen and oxygen atoms in total. The number of anilines is 1. The highest BCUT2D eigenvalue weighted by molar-refractivity contribution is 5.98. The van der Waals surface area contributed by atoms with Crippen molar-refractivity contribution in [2.24, 2.45) is 0 Å². The quantitative estimate of drug-likeness (QED) is 0.269. The Kier molecular flexibility index (Phi) is 5.81. The van der Waals surface area contributed by atoms with Crippen LogP contribution in [0.25, 0.3) is 16.7 Å². The molecular weight excluding hydrogens is 431 g/mol. The number of aryl methyl sites for hydroxylation is 1. The molecule has 1 N–H and O–H groups in total. The van der Waals surface area contributed by atoms with Crippen LogP contribution >= 0.6 is 0 Å². The second-order valence-electron chi connectivity index (χ2n) is 7.08. The molecule has 0 radical (unpaired) electrons. The molecule has 0 aliphatic rings. The van der Waals surface area contributed by atoms with Crippen LogP contribution in [0.2, 0.25) is 0 Å². The van der Waals surface area contributed by atoms with Crippen LogP contribution < -0.4 is 5.32 Å². The van der Waals surface area contributed by atoms with E-state index >= 15 is 0 Å². The van der Waals surface area contributed by atoms with Gasteiger partial charge in [0.05, 0.1) is 27.6 Å². The molecule has 33 heavy (non-hydrogen) atoms. The molecule has 0 saturated carbocycles. The van der Waals surface area contributed by atoms with Gasteiger partial charge in [-0.25, -0.2) is 14.2 Å². The first-order valence-electron chi connectivity index (χ1n) is 9.79. The van der Waals surface area contributed by atoms with E-state index in [1.165, 1.54) is 0 Å². The number of nitro groups is 1. The van der Waals surface area contributed by atoms with Gasteiger partial charge in [0, 0.05) is 5.69 Å². The molecule has 166 valence electrons. The van der Waals surface area contributed by atoms with Crippen molar-refractivity contribution >= 4 is 34.3 Å². The lowest BCUT2D eigenvalue weighted by atomic mass is 10.2.